The van der Waals surface area contributed by atoms with Crippen LogP contribution < -0.4 is 10.6 Å². The quantitative estimate of drug-likeness (QED) is 0.265. The lowest BCUT2D eigenvalue weighted by molar-refractivity contribution is 0.368. The minimum Gasteiger partial charge on any atom is -0.359 e. The molecule has 7 nitrogen and oxygen atoms in total. The molecule has 0 aliphatic heterocycles. The molecule has 0 radical (unpaired) electrons. The average molecular weight is 548 g/mol. The molecule has 2 rings (SSSR count). The molecular formula is C21H33IN4O3S. The molecule has 2 aromatic rings. The smallest absolute Gasteiger partial charge is 0.191 e. The summed E-state index contributed by atoms with van der Waals surface area (Å²) in [6.07, 6.45) is 3.33. The number of halogens is 1. The van der Waals surface area contributed by atoms with Crippen LogP contribution in [0.25, 0.3) is 0 Å². The molecule has 0 amide bonds. The first-order chi connectivity index (χ1) is 13.8. The fourth-order valence-corrected chi connectivity index (χ4v) is 3.84. The molecule has 0 saturated heterocycles. The van der Waals surface area contributed by atoms with Gasteiger partial charge in [-0.05, 0) is 30.9 Å². The van der Waals surface area contributed by atoms with E-state index in [1.54, 1.807) is 0 Å². The van der Waals surface area contributed by atoms with Crippen LogP contribution >= 0.6 is 24.0 Å². The van der Waals surface area contributed by atoms with Gasteiger partial charge < -0.3 is 15.2 Å². The molecule has 1 aromatic heterocycles. The molecule has 0 spiro atoms. The number of sulfone groups is 1. The molecule has 0 aliphatic rings. The highest BCUT2D eigenvalue weighted by atomic mass is 127. The van der Waals surface area contributed by atoms with Crippen LogP contribution in [0, 0.1) is 0 Å². The van der Waals surface area contributed by atoms with Gasteiger partial charge in [-0.3, -0.25) is 0 Å². The predicted molar refractivity (Wildman–Crippen MR) is 132 cm³/mol. The molecule has 1 aromatic carbocycles. The van der Waals surface area contributed by atoms with E-state index in [0.717, 1.165) is 42.0 Å². The minimum atomic E-state index is -3.03. The lowest BCUT2D eigenvalue weighted by atomic mass is 9.99. The Morgan fingerprint density at radius 3 is 2.30 bits per heavy atom. The number of aliphatic imine (C=N–C) groups is 1. The standard InChI is InChI=1S/C21H32N4O3S.HI/c1-5-18(6-2)20-12-19(28-25-20)14-24-21(22-7-3)23-13-16-8-10-17(11-9-16)15-29(4,26)27;/h8-12,18H,5-7,13-15H2,1-4H3,(H2,22,23,24);1H. The van der Waals surface area contributed by atoms with Gasteiger partial charge in [0, 0.05) is 24.8 Å². The van der Waals surface area contributed by atoms with Crippen LogP contribution in [0.5, 0.6) is 0 Å². The Balaban J connectivity index is 0.00000450. The topological polar surface area (TPSA) is 96.6 Å². The fourth-order valence-electron chi connectivity index (χ4n) is 3.04. The number of hydrogen-bond acceptors (Lipinski definition) is 5. The zero-order valence-electron chi connectivity index (χ0n) is 18.1. The van der Waals surface area contributed by atoms with Crippen molar-refractivity contribution in [3.8, 4) is 0 Å². The van der Waals surface area contributed by atoms with Crippen molar-refractivity contribution in [2.45, 2.75) is 58.4 Å². The highest BCUT2D eigenvalue weighted by Crippen LogP contribution is 2.22. The third-order valence-electron chi connectivity index (χ3n) is 4.63. The molecule has 0 saturated carbocycles. The Morgan fingerprint density at radius 2 is 1.73 bits per heavy atom. The summed E-state index contributed by atoms with van der Waals surface area (Å²) in [6.45, 7) is 8.07. The Labute approximate surface area is 197 Å². The largest absolute Gasteiger partial charge is 0.359 e. The van der Waals surface area contributed by atoms with Crippen LogP contribution in [0.2, 0.25) is 0 Å². The van der Waals surface area contributed by atoms with E-state index in [1.165, 1.54) is 6.26 Å². The van der Waals surface area contributed by atoms with Crippen molar-refractivity contribution in [3.63, 3.8) is 0 Å². The van der Waals surface area contributed by atoms with Gasteiger partial charge in [-0.25, -0.2) is 13.4 Å². The third kappa shape index (κ3) is 9.03. The second-order valence-electron chi connectivity index (χ2n) is 7.17. The van der Waals surface area contributed by atoms with Crippen molar-refractivity contribution in [2.75, 3.05) is 12.8 Å². The maximum atomic E-state index is 11.4. The lowest BCUT2D eigenvalue weighted by Crippen LogP contribution is -2.36. The van der Waals surface area contributed by atoms with Crippen LogP contribution in [0.15, 0.2) is 39.8 Å². The fraction of sp³-hybridized carbons (Fsp3) is 0.524. The van der Waals surface area contributed by atoms with E-state index in [-0.39, 0.29) is 29.7 Å². The number of nitrogens with one attached hydrogen (secondary N) is 2. The highest BCUT2D eigenvalue weighted by Gasteiger charge is 2.13. The maximum Gasteiger partial charge on any atom is 0.191 e. The van der Waals surface area contributed by atoms with Gasteiger partial charge >= 0.3 is 0 Å². The second-order valence-corrected chi connectivity index (χ2v) is 9.31. The first-order valence-corrected chi connectivity index (χ1v) is 12.1. The molecule has 30 heavy (non-hydrogen) atoms. The minimum absolute atomic E-state index is 0. The van der Waals surface area contributed by atoms with Gasteiger partial charge in [-0.1, -0.05) is 43.3 Å². The molecule has 2 N–H and O–H groups in total. The molecule has 9 heteroatoms. The van der Waals surface area contributed by atoms with Crippen molar-refractivity contribution in [2.24, 2.45) is 4.99 Å². The molecule has 0 atom stereocenters. The van der Waals surface area contributed by atoms with E-state index in [9.17, 15) is 8.42 Å². The summed E-state index contributed by atoms with van der Waals surface area (Å²) >= 11 is 0. The Hall–Kier alpha value is -1.62. The first kappa shape index (κ1) is 26.4. The lowest BCUT2D eigenvalue weighted by Gasteiger charge is -2.10. The van der Waals surface area contributed by atoms with Crippen molar-refractivity contribution in [1.82, 2.24) is 15.8 Å². The van der Waals surface area contributed by atoms with E-state index in [0.29, 0.717) is 25.0 Å². The summed E-state index contributed by atoms with van der Waals surface area (Å²) in [6, 6.07) is 9.49. The summed E-state index contributed by atoms with van der Waals surface area (Å²) < 4.78 is 28.2. The van der Waals surface area contributed by atoms with Crippen molar-refractivity contribution < 1.29 is 12.9 Å². The Kier molecular flexibility index (Phi) is 11.4. The van der Waals surface area contributed by atoms with Crippen molar-refractivity contribution in [3.05, 3.63) is 52.9 Å². The molecule has 0 bridgehead atoms. The average Bonchev–Trinajstić information content (AvgIpc) is 3.14. The van der Waals surface area contributed by atoms with Crippen LogP contribution in [0.4, 0.5) is 0 Å². The van der Waals surface area contributed by atoms with Crippen LogP contribution in [-0.2, 0) is 28.7 Å². The van der Waals surface area contributed by atoms with E-state index >= 15 is 0 Å². The Morgan fingerprint density at radius 1 is 1.10 bits per heavy atom. The first-order valence-electron chi connectivity index (χ1n) is 10.1. The Bertz CT molecular complexity index is 891. The molecule has 0 fully saturated rings. The van der Waals surface area contributed by atoms with Gasteiger partial charge in [0.15, 0.2) is 21.6 Å². The van der Waals surface area contributed by atoms with Gasteiger partial charge in [0.05, 0.1) is 24.5 Å². The molecule has 0 unspecified atom stereocenters. The highest BCUT2D eigenvalue weighted by molar-refractivity contribution is 14.0. The van der Waals surface area contributed by atoms with Gasteiger partial charge in [-0.2, -0.15) is 0 Å². The predicted octanol–water partition coefficient (Wildman–Crippen LogP) is 4.00. The van der Waals surface area contributed by atoms with Gasteiger partial charge in [0.1, 0.15) is 0 Å². The van der Waals surface area contributed by atoms with E-state index in [4.69, 9.17) is 4.52 Å². The zero-order chi connectivity index (χ0) is 21.3. The van der Waals surface area contributed by atoms with Crippen molar-refractivity contribution >= 4 is 39.8 Å². The van der Waals surface area contributed by atoms with Crippen molar-refractivity contribution in [1.29, 1.82) is 0 Å². The number of benzene rings is 1. The maximum absolute atomic E-state index is 11.4. The van der Waals surface area contributed by atoms with Crippen LogP contribution in [0.1, 0.15) is 62.1 Å². The van der Waals surface area contributed by atoms with Crippen LogP contribution in [-0.4, -0.2) is 32.3 Å². The summed E-state index contributed by atoms with van der Waals surface area (Å²) in [4.78, 5) is 4.59. The molecular weight excluding hydrogens is 515 g/mol. The normalized spacial score (nSPS) is 12.0. The molecule has 168 valence electrons. The van der Waals surface area contributed by atoms with E-state index < -0.39 is 9.84 Å². The van der Waals surface area contributed by atoms with Crippen LogP contribution in [0.3, 0.4) is 0 Å². The molecule has 1 heterocycles. The number of nitrogens with zero attached hydrogens (tertiary/aromatic N) is 2. The summed E-state index contributed by atoms with van der Waals surface area (Å²) in [5.74, 6) is 1.95. The third-order valence-corrected chi connectivity index (χ3v) is 5.48. The van der Waals surface area contributed by atoms with Gasteiger partial charge in [0.25, 0.3) is 0 Å². The summed E-state index contributed by atoms with van der Waals surface area (Å²) in [5.41, 5.74) is 2.79. The number of guanidine groups is 1. The van der Waals surface area contributed by atoms with Gasteiger partial charge in [-0.15, -0.1) is 24.0 Å². The van der Waals surface area contributed by atoms with E-state index in [2.05, 4.69) is 34.6 Å². The zero-order valence-corrected chi connectivity index (χ0v) is 21.3. The summed E-state index contributed by atoms with van der Waals surface area (Å²) in [5, 5.41) is 10.7. The SMILES string of the molecule is CCNC(=NCc1ccc(CS(C)(=O)=O)cc1)NCc1cc(C(CC)CC)no1.I. The molecule has 0 aliphatic carbocycles. The summed E-state index contributed by atoms with van der Waals surface area (Å²) in [7, 11) is -3.03. The second kappa shape index (κ2) is 12.9. The van der Waals surface area contributed by atoms with Gasteiger partial charge in [0.2, 0.25) is 0 Å². The number of aromatic nitrogens is 1. The monoisotopic (exact) mass is 548 g/mol. The van der Waals surface area contributed by atoms with E-state index in [1.807, 2.05) is 37.3 Å². The number of rotatable bonds is 10. The number of hydrogen-bond donors (Lipinski definition) is 2.